The van der Waals surface area contributed by atoms with Gasteiger partial charge in [0.1, 0.15) is 12.9 Å². The first-order valence-electron chi connectivity index (χ1n) is 5.43. The summed E-state index contributed by atoms with van der Waals surface area (Å²) in [7, 11) is 1.54. The number of ketones is 1. The predicted molar refractivity (Wildman–Crippen MR) is 56.7 cm³/mol. The van der Waals surface area contributed by atoms with Crippen LogP contribution in [0.1, 0.15) is 19.3 Å². The summed E-state index contributed by atoms with van der Waals surface area (Å²) >= 11 is 0. The van der Waals surface area contributed by atoms with Crippen LogP contribution in [-0.2, 0) is 14.3 Å². The van der Waals surface area contributed by atoms with Gasteiger partial charge in [0.15, 0.2) is 5.78 Å². The third kappa shape index (κ3) is 4.53. The molecule has 1 heterocycles. The van der Waals surface area contributed by atoms with Crippen LogP contribution < -0.4 is 0 Å². The molecule has 0 N–H and O–H groups in total. The zero-order valence-corrected chi connectivity index (χ0v) is 9.28. The van der Waals surface area contributed by atoms with E-state index in [9.17, 15) is 9.59 Å². The fourth-order valence-electron chi connectivity index (χ4n) is 2.06. The zero-order chi connectivity index (χ0) is 11.1. The number of carbonyl (C=O) groups excluding carboxylic acids is 2. The van der Waals surface area contributed by atoms with Crippen molar-refractivity contribution in [1.29, 1.82) is 0 Å². The number of Topliss-reactive ketones (excluding diaryl/α,β-unsaturated/α-hetero) is 1. The van der Waals surface area contributed by atoms with Crippen molar-refractivity contribution in [2.24, 2.45) is 5.92 Å². The van der Waals surface area contributed by atoms with E-state index >= 15 is 0 Å². The average molecular weight is 213 g/mol. The van der Waals surface area contributed by atoms with Crippen LogP contribution in [0.2, 0.25) is 0 Å². The highest BCUT2D eigenvalue weighted by atomic mass is 16.5. The van der Waals surface area contributed by atoms with E-state index in [0.29, 0.717) is 18.8 Å². The van der Waals surface area contributed by atoms with Crippen LogP contribution in [-0.4, -0.2) is 50.3 Å². The predicted octanol–water partition coefficient (Wildman–Crippen LogP) is 0.503. The Morgan fingerprint density at radius 3 is 3.07 bits per heavy atom. The molecule has 0 aromatic carbocycles. The van der Waals surface area contributed by atoms with Gasteiger partial charge < -0.3 is 14.4 Å². The van der Waals surface area contributed by atoms with Crippen molar-refractivity contribution in [3.63, 3.8) is 0 Å². The van der Waals surface area contributed by atoms with Gasteiger partial charge in [-0.3, -0.25) is 4.79 Å². The highest BCUT2D eigenvalue weighted by Gasteiger charge is 2.23. The van der Waals surface area contributed by atoms with Crippen molar-refractivity contribution in [2.75, 3.05) is 33.4 Å². The highest BCUT2D eigenvalue weighted by Crippen LogP contribution is 2.19. The number of carbonyl (C=O) groups is 2. The molecule has 0 aromatic rings. The third-order valence-corrected chi connectivity index (χ3v) is 2.75. The fourth-order valence-corrected chi connectivity index (χ4v) is 2.06. The van der Waals surface area contributed by atoms with Crippen molar-refractivity contribution >= 4 is 12.1 Å². The summed E-state index contributed by atoms with van der Waals surface area (Å²) < 4.78 is 4.80. The molecular formula is C11H19NO3. The van der Waals surface area contributed by atoms with E-state index in [-0.39, 0.29) is 12.4 Å². The molecule has 1 fully saturated rings. The number of ether oxygens (including phenoxy) is 1. The smallest absolute Gasteiger partial charge is 0.158 e. The minimum atomic E-state index is 0.180. The van der Waals surface area contributed by atoms with E-state index in [1.54, 1.807) is 7.11 Å². The molecule has 15 heavy (non-hydrogen) atoms. The van der Waals surface area contributed by atoms with Gasteiger partial charge in [-0.2, -0.15) is 0 Å². The third-order valence-electron chi connectivity index (χ3n) is 2.75. The van der Waals surface area contributed by atoms with Crippen LogP contribution in [0.25, 0.3) is 0 Å². The van der Waals surface area contributed by atoms with Crippen molar-refractivity contribution < 1.29 is 14.3 Å². The maximum atomic E-state index is 11.3. The molecule has 4 nitrogen and oxygen atoms in total. The van der Waals surface area contributed by atoms with Gasteiger partial charge in [-0.05, 0) is 18.9 Å². The second-order valence-corrected chi connectivity index (χ2v) is 4.09. The van der Waals surface area contributed by atoms with Crippen LogP contribution in [0.4, 0.5) is 0 Å². The Bertz CT molecular complexity index is 218. The summed E-state index contributed by atoms with van der Waals surface area (Å²) in [5.41, 5.74) is 0. The Hall–Kier alpha value is -0.740. The zero-order valence-electron chi connectivity index (χ0n) is 9.28. The summed E-state index contributed by atoms with van der Waals surface area (Å²) in [6.45, 7) is 3.02. The van der Waals surface area contributed by atoms with Gasteiger partial charge in [0.25, 0.3) is 0 Å². The van der Waals surface area contributed by atoms with E-state index in [1.807, 2.05) is 0 Å². The maximum absolute atomic E-state index is 11.3. The average Bonchev–Trinajstić information content (AvgIpc) is 2.63. The monoisotopic (exact) mass is 213 g/mol. The van der Waals surface area contributed by atoms with Crippen LogP contribution >= 0.6 is 0 Å². The molecule has 0 aromatic heterocycles. The Labute approximate surface area is 90.6 Å². The molecule has 4 heteroatoms. The number of hydrogen-bond donors (Lipinski definition) is 0. The number of nitrogens with zero attached hydrogens (tertiary/aromatic N) is 1. The van der Waals surface area contributed by atoms with Gasteiger partial charge in [-0.15, -0.1) is 0 Å². The molecule has 0 spiro atoms. The summed E-state index contributed by atoms with van der Waals surface area (Å²) in [6, 6.07) is 0. The molecular weight excluding hydrogens is 194 g/mol. The molecule has 1 saturated heterocycles. The van der Waals surface area contributed by atoms with Crippen LogP contribution in [0, 0.1) is 5.92 Å². The number of likely N-dealkylation sites (tertiary alicyclic amines) is 1. The van der Waals surface area contributed by atoms with E-state index in [0.717, 1.165) is 32.3 Å². The van der Waals surface area contributed by atoms with Gasteiger partial charge in [-0.25, -0.2) is 0 Å². The fraction of sp³-hybridized carbons (Fsp3) is 0.818. The Kier molecular flexibility index (Phi) is 5.50. The van der Waals surface area contributed by atoms with Gasteiger partial charge >= 0.3 is 0 Å². The first-order valence-corrected chi connectivity index (χ1v) is 5.43. The van der Waals surface area contributed by atoms with E-state index in [4.69, 9.17) is 4.74 Å². The van der Waals surface area contributed by atoms with Gasteiger partial charge in [0.05, 0.1) is 0 Å². The lowest BCUT2D eigenvalue weighted by Gasteiger charge is -2.13. The van der Waals surface area contributed by atoms with Crippen molar-refractivity contribution in [3.05, 3.63) is 0 Å². The molecule has 1 unspecified atom stereocenters. The topological polar surface area (TPSA) is 46.6 Å². The summed E-state index contributed by atoms with van der Waals surface area (Å²) in [4.78, 5) is 23.8. The van der Waals surface area contributed by atoms with Crippen LogP contribution in [0.5, 0.6) is 0 Å². The minimum absolute atomic E-state index is 0.180. The SMILES string of the molecule is COCC(=O)CC1CCN(CCC=O)C1. The first kappa shape index (κ1) is 12.3. The summed E-state index contributed by atoms with van der Waals surface area (Å²) in [5, 5.41) is 0. The summed E-state index contributed by atoms with van der Waals surface area (Å²) in [5.74, 6) is 0.638. The molecule has 0 bridgehead atoms. The quantitative estimate of drug-likeness (QED) is 0.578. The van der Waals surface area contributed by atoms with E-state index in [1.165, 1.54) is 0 Å². The maximum Gasteiger partial charge on any atom is 0.158 e. The lowest BCUT2D eigenvalue weighted by atomic mass is 10.0. The van der Waals surface area contributed by atoms with Gasteiger partial charge in [-0.1, -0.05) is 0 Å². The molecule has 0 amide bonds. The van der Waals surface area contributed by atoms with Gasteiger partial charge in [0.2, 0.25) is 0 Å². The van der Waals surface area contributed by atoms with E-state index < -0.39 is 0 Å². The molecule has 1 rings (SSSR count). The molecule has 0 aliphatic carbocycles. The molecule has 86 valence electrons. The molecule has 1 aliphatic heterocycles. The number of rotatable bonds is 7. The van der Waals surface area contributed by atoms with E-state index in [2.05, 4.69) is 4.90 Å². The molecule has 0 radical (unpaired) electrons. The second-order valence-electron chi connectivity index (χ2n) is 4.09. The Morgan fingerprint density at radius 1 is 1.60 bits per heavy atom. The van der Waals surface area contributed by atoms with Crippen molar-refractivity contribution in [3.8, 4) is 0 Å². The minimum Gasteiger partial charge on any atom is -0.377 e. The van der Waals surface area contributed by atoms with Crippen molar-refractivity contribution in [2.45, 2.75) is 19.3 Å². The first-order chi connectivity index (χ1) is 7.26. The van der Waals surface area contributed by atoms with Crippen LogP contribution in [0.15, 0.2) is 0 Å². The number of aldehydes is 1. The Balaban J connectivity index is 2.18. The lowest BCUT2D eigenvalue weighted by Crippen LogP contribution is -2.23. The van der Waals surface area contributed by atoms with Crippen molar-refractivity contribution in [1.82, 2.24) is 4.90 Å². The van der Waals surface area contributed by atoms with Gasteiger partial charge in [0, 0.05) is 33.0 Å². The molecule has 0 saturated carbocycles. The number of methoxy groups -OCH3 is 1. The molecule has 1 atom stereocenters. The Morgan fingerprint density at radius 2 is 2.40 bits per heavy atom. The number of hydrogen-bond acceptors (Lipinski definition) is 4. The standard InChI is InChI=1S/C11H19NO3/c1-15-9-11(14)7-10-3-5-12(8-10)4-2-6-13/h6,10H,2-5,7-9H2,1H3. The lowest BCUT2D eigenvalue weighted by molar-refractivity contribution is -0.123. The molecule has 1 aliphatic rings. The van der Waals surface area contributed by atoms with Crippen LogP contribution in [0.3, 0.4) is 0 Å². The largest absolute Gasteiger partial charge is 0.377 e. The second kappa shape index (κ2) is 6.69. The summed E-state index contributed by atoms with van der Waals surface area (Å²) in [6.07, 6.45) is 3.22. The normalized spacial score (nSPS) is 21.8. The highest BCUT2D eigenvalue weighted by molar-refractivity contribution is 5.79.